The van der Waals surface area contributed by atoms with Crippen LogP contribution in [0.15, 0.2) is 12.1 Å². The van der Waals surface area contributed by atoms with E-state index in [-0.39, 0.29) is 29.3 Å². The average Bonchev–Trinajstić information content (AvgIpc) is 2.30. The number of esters is 1. The highest BCUT2D eigenvalue weighted by Crippen LogP contribution is 2.23. The minimum Gasteiger partial charge on any atom is -0.462 e. The molecule has 0 saturated carbocycles. The second-order valence-corrected chi connectivity index (χ2v) is 6.96. The molecule has 0 spiro atoms. The molecular formula is C13H19FN2O4S. The number of ether oxygens (including phenoxy) is 1. The molecule has 21 heavy (non-hydrogen) atoms. The van der Waals surface area contributed by atoms with E-state index in [0.29, 0.717) is 0 Å². The van der Waals surface area contributed by atoms with Crippen LogP contribution in [-0.2, 0) is 14.6 Å². The number of nitrogen functional groups attached to an aromatic ring is 1. The third-order valence-electron chi connectivity index (χ3n) is 2.59. The van der Waals surface area contributed by atoms with Gasteiger partial charge >= 0.3 is 5.97 Å². The Labute approximate surface area is 123 Å². The van der Waals surface area contributed by atoms with Gasteiger partial charge in [0.2, 0.25) is 0 Å². The predicted octanol–water partition coefficient (Wildman–Crippen LogP) is 1.43. The summed E-state index contributed by atoms with van der Waals surface area (Å²) in [4.78, 5) is 11.7. The van der Waals surface area contributed by atoms with E-state index in [1.165, 1.54) is 6.07 Å². The molecule has 0 amide bonds. The molecule has 0 heterocycles. The Bertz CT molecular complexity index is 631. The Morgan fingerprint density at radius 2 is 2.10 bits per heavy atom. The van der Waals surface area contributed by atoms with Gasteiger partial charge in [0.25, 0.3) is 0 Å². The van der Waals surface area contributed by atoms with E-state index < -0.39 is 27.7 Å². The van der Waals surface area contributed by atoms with E-state index >= 15 is 0 Å². The van der Waals surface area contributed by atoms with Gasteiger partial charge in [0.05, 0.1) is 23.6 Å². The van der Waals surface area contributed by atoms with Gasteiger partial charge in [0.1, 0.15) is 15.7 Å². The van der Waals surface area contributed by atoms with Gasteiger partial charge in [-0.2, -0.15) is 0 Å². The lowest BCUT2D eigenvalue weighted by atomic mass is 10.1. The topological polar surface area (TPSA) is 98.5 Å². The zero-order valence-corrected chi connectivity index (χ0v) is 13.0. The van der Waals surface area contributed by atoms with Crippen LogP contribution in [0.2, 0.25) is 0 Å². The summed E-state index contributed by atoms with van der Waals surface area (Å²) in [7, 11) is -3.20. The maximum atomic E-state index is 13.8. The van der Waals surface area contributed by atoms with Crippen LogP contribution in [-0.4, -0.2) is 39.0 Å². The number of carbonyl (C=O) groups is 1. The van der Waals surface area contributed by atoms with Gasteiger partial charge in [-0.1, -0.05) is 0 Å². The Morgan fingerprint density at radius 3 is 2.62 bits per heavy atom. The highest BCUT2D eigenvalue weighted by molar-refractivity contribution is 7.90. The molecule has 0 bridgehead atoms. The lowest BCUT2D eigenvalue weighted by molar-refractivity contribution is 0.0527. The first-order valence-corrected chi connectivity index (χ1v) is 8.40. The minimum atomic E-state index is -3.20. The maximum absolute atomic E-state index is 13.8. The summed E-state index contributed by atoms with van der Waals surface area (Å²) in [6.07, 6.45) is 1.09. The van der Waals surface area contributed by atoms with Crippen molar-refractivity contribution >= 4 is 27.2 Å². The van der Waals surface area contributed by atoms with Crippen LogP contribution in [0.5, 0.6) is 0 Å². The third-order valence-corrected chi connectivity index (χ3v) is 3.69. The fraction of sp³-hybridized carbons (Fsp3) is 0.462. The molecule has 1 aromatic carbocycles. The van der Waals surface area contributed by atoms with Crippen LogP contribution in [0.1, 0.15) is 24.2 Å². The van der Waals surface area contributed by atoms with Gasteiger partial charge < -0.3 is 15.8 Å². The van der Waals surface area contributed by atoms with Gasteiger partial charge in [-0.3, -0.25) is 0 Å². The number of halogens is 1. The average molecular weight is 318 g/mol. The van der Waals surface area contributed by atoms with Crippen LogP contribution in [0.25, 0.3) is 0 Å². The lowest BCUT2D eigenvalue weighted by Crippen LogP contribution is -2.25. The number of hydrogen-bond acceptors (Lipinski definition) is 6. The molecule has 0 saturated heterocycles. The molecule has 1 unspecified atom stereocenters. The fourth-order valence-electron chi connectivity index (χ4n) is 1.85. The summed E-state index contributed by atoms with van der Waals surface area (Å²) < 4.78 is 41.1. The van der Waals surface area contributed by atoms with Gasteiger partial charge in [-0.15, -0.1) is 0 Å². The standard InChI is InChI=1S/C13H19FN2O4S/c1-4-20-13(17)9-5-12(10(14)6-11(9)15)16-8(2)7-21(3,18)19/h5-6,8,16H,4,7,15H2,1-3H3. The van der Waals surface area contributed by atoms with E-state index in [9.17, 15) is 17.6 Å². The molecule has 0 radical (unpaired) electrons. The first-order chi connectivity index (χ1) is 9.64. The van der Waals surface area contributed by atoms with Crippen molar-refractivity contribution in [1.29, 1.82) is 0 Å². The maximum Gasteiger partial charge on any atom is 0.340 e. The second kappa shape index (κ2) is 6.75. The third kappa shape index (κ3) is 5.22. The Hall–Kier alpha value is -1.83. The number of sulfone groups is 1. The molecule has 0 aromatic heterocycles. The van der Waals surface area contributed by atoms with Crippen molar-refractivity contribution in [3.05, 3.63) is 23.5 Å². The van der Waals surface area contributed by atoms with Crippen molar-refractivity contribution in [1.82, 2.24) is 0 Å². The van der Waals surface area contributed by atoms with E-state index in [1.54, 1.807) is 13.8 Å². The molecule has 1 rings (SSSR count). The van der Waals surface area contributed by atoms with Crippen molar-refractivity contribution in [2.75, 3.05) is 29.7 Å². The smallest absolute Gasteiger partial charge is 0.340 e. The first-order valence-electron chi connectivity index (χ1n) is 6.34. The van der Waals surface area contributed by atoms with Crippen molar-refractivity contribution in [3.63, 3.8) is 0 Å². The summed E-state index contributed by atoms with van der Waals surface area (Å²) in [5.74, 6) is -1.49. The Balaban J connectivity index is 3.02. The minimum absolute atomic E-state index is 0.00315. The number of anilines is 2. The van der Waals surface area contributed by atoms with Gasteiger partial charge in [-0.25, -0.2) is 17.6 Å². The zero-order valence-electron chi connectivity index (χ0n) is 12.1. The van der Waals surface area contributed by atoms with Crippen LogP contribution >= 0.6 is 0 Å². The molecular weight excluding hydrogens is 299 g/mol. The number of nitrogens with two attached hydrogens (primary N) is 1. The first kappa shape index (κ1) is 17.2. The Morgan fingerprint density at radius 1 is 1.48 bits per heavy atom. The highest BCUT2D eigenvalue weighted by atomic mass is 32.2. The van der Waals surface area contributed by atoms with E-state index in [4.69, 9.17) is 10.5 Å². The van der Waals surface area contributed by atoms with Crippen molar-refractivity contribution in [2.45, 2.75) is 19.9 Å². The van der Waals surface area contributed by atoms with E-state index in [2.05, 4.69) is 5.32 Å². The zero-order chi connectivity index (χ0) is 16.2. The van der Waals surface area contributed by atoms with Gasteiger partial charge in [0, 0.05) is 18.0 Å². The van der Waals surface area contributed by atoms with Crippen molar-refractivity contribution in [2.24, 2.45) is 0 Å². The monoisotopic (exact) mass is 318 g/mol. The number of nitrogens with one attached hydrogen (secondary N) is 1. The molecule has 6 nitrogen and oxygen atoms in total. The molecule has 1 atom stereocenters. The van der Waals surface area contributed by atoms with Crippen LogP contribution in [0.4, 0.5) is 15.8 Å². The molecule has 118 valence electrons. The summed E-state index contributed by atoms with van der Waals surface area (Å²) in [5.41, 5.74) is 5.59. The quantitative estimate of drug-likeness (QED) is 0.608. The van der Waals surface area contributed by atoms with E-state index in [0.717, 1.165) is 12.3 Å². The largest absolute Gasteiger partial charge is 0.462 e. The lowest BCUT2D eigenvalue weighted by Gasteiger charge is -2.16. The molecule has 1 aromatic rings. The fourth-order valence-corrected chi connectivity index (χ4v) is 2.84. The van der Waals surface area contributed by atoms with Crippen molar-refractivity contribution in [3.8, 4) is 0 Å². The van der Waals surface area contributed by atoms with E-state index in [1.807, 2.05) is 0 Å². The summed E-state index contributed by atoms with van der Waals surface area (Å²) in [5, 5.41) is 2.71. The molecule has 3 N–H and O–H groups in total. The molecule has 0 aliphatic rings. The molecule has 0 aliphatic heterocycles. The number of benzene rings is 1. The van der Waals surface area contributed by atoms with Crippen LogP contribution in [0, 0.1) is 5.82 Å². The number of hydrogen-bond donors (Lipinski definition) is 2. The molecule has 0 aliphatic carbocycles. The molecule has 8 heteroatoms. The highest BCUT2D eigenvalue weighted by Gasteiger charge is 2.17. The van der Waals surface area contributed by atoms with Gasteiger partial charge in [-0.05, 0) is 26.0 Å². The summed E-state index contributed by atoms with van der Waals surface area (Å²) >= 11 is 0. The van der Waals surface area contributed by atoms with Crippen LogP contribution < -0.4 is 11.1 Å². The second-order valence-electron chi connectivity index (χ2n) is 4.78. The van der Waals surface area contributed by atoms with Gasteiger partial charge in [0.15, 0.2) is 0 Å². The number of rotatable bonds is 6. The summed E-state index contributed by atoms with van der Waals surface area (Å²) in [6, 6.07) is 1.71. The molecule has 0 fully saturated rings. The van der Waals surface area contributed by atoms with Crippen molar-refractivity contribution < 1.29 is 22.3 Å². The predicted molar refractivity (Wildman–Crippen MR) is 79.6 cm³/mol. The summed E-state index contributed by atoms with van der Waals surface area (Å²) in [6.45, 7) is 3.41. The number of carbonyl (C=O) groups excluding carboxylic acids is 1. The SMILES string of the molecule is CCOC(=O)c1cc(NC(C)CS(C)(=O)=O)c(F)cc1N. The Kier molecular flexibility index (Phi) is 5.54. The normalized spacial score (nSPS) is 12.8. The van der Waals surface area contributed by atoms with Crippen LogP contribution in [0.3, 0.4) is 0 Å².